The summed E-state index contributed by atoms with van der Waals surface area (Å²) in [6.07, 6.45) is 20.8. The average Bonchev–Trinajstić information content (AvgIpc) is 2.80. The first kappa shape index (κ1) is 36.0. The molecule has 1 unspecified atom stereocenters. The van der Waals surface area contributed by atoms with E-state index in [0.717, 1.165) is 70.6 Å². The van der Waals surface area contributed by atoms with Crippen molar-refractivity contribution in [2.75, 3.05) is 0 Å². The van der Waals surface area contributed by atoms with Crippen LogP contribution in [0.4, 0.5) is 0 Å². The second kappa shape index (κ2) is 27.5. The summed E-state index contributed by atoms with van der Waals surface area (Å²) in [5.41, 5.74) is 0. The van der Waals surface area contributed by atoms with E-state index in [1.807, 2.05) is 0 Å². The molecule has 0 amide bonds. The average molecular weight is 517 g/mol. The Hall–Kier alpha value is -2.12. The van der Waals surface area contributed by atoms with Crippen molar-refractivity contribution in [1.82, 2.24) is 0 Å². The zero-order chi connectivity index (χ0) is 27.4. The van der Waals surface area contributed by atoms with Gasteiger partial charge in [0.25, 0.3) is 0 Å². The van der Waals surface area contributed by atoms with Gasteiger partial charge in [-0.25, -0.2) is 0 Å². The maximum Gasteiger partial charge on any atom is 0.307 e. The third kappa shape index (κ3) is 31.9. The van der Waals surface area contributed by atoms with Crippen LogP contribution >= 0.6 is 0 Å². The third-order valence-corrected chi connectivity index (χ3v) is 6.21. The predicted octanol–water partition coefficient (Wildman–Crippen LogP) is 7.53. The Kier molecular flexibility index (Phi) is 27.5. The molecule has 0 aliphatic heterocycles. The van der Waals surface area contributed by atoms with Gasteiger partial charge in [0.1, 0.15) is 0 Å². The number of hydrogen-bond donors (Lipinski definition) is 4. The Bertz CT molecular complexity index is 540. The maximum atomic E-state index is 10.9. The van der Waals surface area contributed by atoms with E-state index in [9.17, 15) is 19.2 Å². The van der Waals surface area contributed by atoms with Crippen LogP contribution < -0.4 is 0 Å². The van der Waals surface area contributed by atoms with Gasteiger partial charge in [-0.1, -0.05) is 110 Å². The van der Waals surface area contributed by atoms with Crippen LogP contribution in [0.15, 0.2) is 0 Å². The molecule has 0 bridgehead atoms. The summed E-state index contributed by atoms with van der Waals surface area (Å²) in [4.78, 5) is 41.8. The van der Waals surface area contributed by atoms with Gasteiger partial charge in [-0.3, -0.25) is 19.2 Å². The summed E-state index contributed by atoms with van der Waals surface area (Å²) < 4.78 is 0. The van der Waals surface area contributed by atoms with Crippen LogP contribution in [0.2, 0.25) is 0 Å². The standard InChI is InChI=1S/C16H30O4.C12H22O4/c1-2-3-4-5-6-7-8-9-10-11-12-14(16(19)20)13-15(17)18;13-11(14)9-7-5-3-1-2-4-6-8-10-12(15)16/h14H,2-13H2,1H3,(H,17,18)(H,19,20);1-10H2,(H,13,14)(H,15,16). The number of carbonyl (C=O) groups is 4. The molecule has 212 valence electrons. The molecule has 36 heavy (non-hydrogen) atoms. The van der Waals surface area contributed by atoms with Gasteiger partial charge in [0, 0.05) is 12.8 Å². The minimum absolute atomic E-state index is 0.257. The second-order valence-corrected chi connectivity index (χ2v) is 9.72. The Labute approximate surface area is 217 Å². The highest BCUT2D eigenvalue weighted by molar-refractivity contribution is 5.77. The van der Waals surface area contributed by atoms with E-state index in [1.165, 1.54) is 44.9 Å². The minimum atomic E-state index is -1.02. The van der Waals surface area contributed by atoms with Gasteiger partial charge >= 0.3 is 23.9 Å². The molecule has 0 saturated heterocycles. The molecule has 0 spiro atoms. The van der Waals surface area contributed by atoms with E-state index in [0.29, 0.717) is 6.42 Å². The molecule has 0 saturated carbocycles. The fourth-order valence-corrected chi connectivity index (χ4v) is 4.01. The smallest absolute Gasteiger partial charge is 0.307 e. The summed E-state index contributed by atoms with van der Waals surface area (Å²) in [6, 6.07) is 0. The lowest BCUT2D eigenvalue weighted by Gasteiger charge is -2.09. The van der Waals surface area contributed by atoms with Crippen LogP contribution in [0.5, 0.6) is 0 Å². The minimum Gasteiger partial charge on any atom is -0.481 e. The fourth-order valence-electron chi connectivity index (χ4n) is 4.01. The summed E-state index contributed by atoms with van der Waals surface area (Å²) in [6.45, 7) is 2.22. The van der Waals surface area contributed by atoms with E-state index in [2.05, 4.69) is 6.92 Å². The first-order chi connectivity index (χ1) is 17.2. The first-order valence-electron chi connectivity index (χ1n) is 14.1. The molecule has 0 aliphatic carbocycles. The Morgan fingerprint density at radius 3 is 1.11 bits per heavy atom. The van der Waals surface area contributed by atoms with Gasteiger partial charge in [0.05, 0.1) is 12.3 Å². The molecule has 8 nitrogen and oxygen atoms in total. The molecule has 0 aromatic heterocycles. The number of carboxylic acid groups (broad SMARTS) is 4. The van der Waals surface area contributed by atoms with Gasteiger partial charge in [0.15, 0.2) is 0 Å². The van der Waals surface area contributed by atoms with Gasteiger partial charge in [-0.2, -0.15) is 0 Å². The van der Waals surface area contributed by atoms with Gasteiger partial charge in [0.2, 0.25) is 0 Å². The SMILES string of the molecule is CCCCCCCCCCCCC(CC(=O)O)C(=O)O.O=C(O)CCCCCCCCCCC(=O)O. The maximum absolute atomic E-state index is 10.9. The van der Waals surface area contributed by atoms with Crippen molar-refractivity contribution in [3.05, 3.63) is 0 Å². The topological polar surface area (TPSA) is 149 Å². The van der Waals surface area contributed by atoms with Crippen molar-refractivity contribution in [3.8, 4) is 0 Å². The molecule has 0 aromatic rings. The molecule has 4 N–H and O–H groups in total. The molecule has 0 radical (unpaired) electrons. The Morgan fingerprint density at radius 1 is 0.472 bits per heavy atom. The van der Waals surface area contributed by atoms with E-state index in [-0.39, 0.29) is 19.3 Å². The van der Waals surface area contributed by atoms with Gasteiger partial charge in [-0.15, -0.1) is 0 Å². The normalized spacial score (nSPS) is 11.4. The van der Waals surface area contributed by atoms with E-state index < -0.39 is 29.8 Å². The van der Waals surface area contributed by atoms with Gasteiger partial charge in [-0.05, 0) is 19.3 Å². The highest BCUT2D eigenvalue weighted by Crippen LogP contribution is 2.16. The van der Waals surface area contributed by atoms with Crippen LogP contribution in [-0.4, -0.2) is 44.3 Å². The number of aliphatic carboxylic acids is 4. The quantitative estimate of drug-likeness (QED) is 0.0909. The summed E-state index contributed by atoms with van der Waals surface area (Å²) in [7, 11) is 0. The molecule has 0 heterocycles. The molecule has 0 fully saturated rings. The Balaban J connectivity index is 0. The predicted molar refractivity (Wildman–Crippen MR) is 141 cm³/mol. The number of rotatable bonds is 25. The van der Waals surface area contributed by atoms with Crippen LogP contribution in [-0.2, 0) is 19.2 Å². The van der Waals surface area contributed by atoms with Crippen LogP contribution in [0, 0.1) is 5.92 Å². The zero-order valence-corrected chi connectivity index (χ0v) is 22.6. The fraction of sp³-hybridized carbons (Fsp3) is 0.857. The van der Waals surface area contributed by atoms with Crippen LogP contribution in [0.3, 0.4) is 0 Å². The molecular weight excluding hydrogens is 464 g/mol. The molecule has 8 heteroatoms. The summed E-state index contributed by atoms with van der Waals surface area (Å²) in [5, 5.41) is 34.4. The molecular formula is C28H52O8. The highest BCUT2D eigenvalue weighted by Gasteiger charge is 2.20. The Morgan fingerprint density at radius 2 is 0.806 bits per heavy atom. The lowest BCUT2D eigenvalue weighted by atomic mass is 9.97. The number of carboxylic acids is 4. The molecule has 0 rings (SSSR count). The van der Waals surface area contributed by atoms with Crippen molar-refractivity contribution in [1.29, 1.82) is 0 Å². The second-order valence-electron chi connectivity index (χ2n) is 9.72. The molecule has 0 aliphatic rings. The third-order valence-electron chi connectivity index (χ3n) is 6.21. The highest BCUT2D eigenvalue weighted by atomic mass is 16.4. The first-order valence-corrected chi connectivity index (χ1v) is 14.1. The van der Waals surface area contributed by atoms with E-state index in [1.54, 1.807) is 0 Å². The largest absolute Gasteiger partial charge is 0.481 e. The summed E-state index contributed by atoms with van der Waals surface area (Å²) in [5.74, 6) is -4.16. The lowest BCUT2D eigenvalue weighted by molar-refractivity contribution is -0.148. The van der Waals surface area contributed by atoms with Crippen molar-refractivity contribution >= 4 is 23.9 Å². The zero-order valence-electron chi connectivity index (χ0n) is 22.6. The van der Waals surface area contributed by atoms with Crippen molar-refractivity contribution in [3.63, 3.8) is 0 Å². The summed E-state index contributed by atoms with van der Waals surface area (Å²) >= 11 is 0. The van der Waals surface area contributed by atoms with E-state index >= 15 is 0 Å². The number of hydrogen-bond acceptors (Lipinski definition) is 4. The van der Waals surface area contributed by atoms with Crippen molar-refractivity contribution in [2.24, 2.45) is 5.92 Å². The van der Waals surface area contributed by atoms with Gasteiger partial charge < -0.3 is 20.4 Å². The molecule has 0 aromatic carbocycles. The monoisotopic (exact) mass is 516 g/mol. The molecule has 1 atom stereocenters. The van der Waals surface area contributed by atoms with E-state index in [4.69, 9.17) is 20.4 Å². The van der Waals surface area contributed by atoms with Crippen molar-refractivity contribution in [2.45, 2.75) is 148 Å². The number of unbranched alkanes of at least 4 members (excludes halogenated alkanes) is 16. The van der Waals surface area contributed by atoms with Crippen LogP contribution in [0.1, 0.15) is 148 Å². The van der Waals surface area contributed by atoms with Crippen molar-refractivity contribution < 1.29 is 39.6 Å². The lowest BCUT2D eigenvalue weighted by Crippen LogP contribution is -2.17. The van der Waals surface area contributed by atoms with Crippen LogP contribution in [0.25, 0.3) is 0 Å².